The maximum atomic E-state index is 12.8. The molecular formula is C21H23N7OS. The van der Waals surface area contributed by atoms with Gasteiger partial charge in [-0.1, -0.05) is 23.9 Å². The zero-order valence-corrected chi connectivity index (χ0v) is 17.6. The number of nitrogens with one attached hydrogen (secondary N) is 1. The molecule has 3 aromatic rings. The summed E-state index contributed by atoms with van der Waals surface area (Å²) in [7, 11) is 2.11. The highest BCUT2D eigenvalue weighted by atomic mass is 32.2. The molecule has 2 aliphatic rings. The first-order valence-electron chi connectivity index (χ1n) is 10.0. The number of rotatable bonds is 4. The van der Waals surface area contributed by atoms with Crippen LogP contribution in [0.15, 0.2) is 48.0 Å². The molecule has 1 N–H and O–H groups in total. The van der Waals surface area contributed by atoms with Crippen molar-refractivity contribution in [3.63, 3.8) is 0 Å². The van der Waals surface area contributed by atoms with Crippen molar-refractivity contribution in [3.8, 4) is 11.3 Å². The van der Waals surface area contributed by atoms with E-state index in [9.17, 15) is 4.79 Å². The van der Waals surface area contributed by atoms with Crippen LogP contribution in [0.2, 0.25) is 0 Å². The minimum Gasteiger partial charge on any atom is -0.354 e. The van der Waals surface area contributed by atoms with E-state index in [1.165, 1.54) is 6.33 Å². The molecule has 8 nitrogen and oxygen atoms in total. The molecule has 1 aromatic carbocycles. The zero-order chi connectivity index (χ0) is 20.5. The molecule has 0 radical (unpaired) electrons. The minimum absolute atomic E-state index is 0.243. The van der Waals surface area contributed by atoms with Crippen molar-refractivity contribution in [1.82, 2.24) is 24.4 Å². The van der Waals surface area contributed by atoms with Crippen LogP contribution in [0.25, 0.3) is 11.3 Å². The lowest BCUT2D eigenvalue weighted by Gasteiger charge is -2.33. The van der Waals surface area contributed by atoms with Crippen LogP contribution in [0.1, 0.15) is 10.5 Å². The van der Waals surface area contributed by atoms with Gasteiger partial charge in [0.25, 0.3) is 5.91 Å². The molecule has 1 fully saturated rings. The molecule has 0 unspecified atom stereocenters. The topological polar surface area (TPSA) is 79.2 Å². The average molecular weight is 422 g/mol. The largest absolute Gasteiger partial charge is 0.354 e. The summed E-state index contributed by atoms with van der Waals surface area (Å²) in [5, 5.41) is 4.01. The third-order valence-corrected chi connectivity index (χ3v) is 6.40. The molecule has 30 heavy (non-hydrogen) atoms. The number of imidazole rings is 1. The van der Waals surface area contributed by atoms with E-state index in [-0.39, 0.29) is 5.91 Å². The number of benzene rings is 1. The Morgan fingerprint density at radius 1 is 1.10 bits per heavy atom. The van der Waals surface area contributed by atoms with E-state index in [2.05, 4.69) is 42.9 Å². The zero-order valence-electron chi connectivity index (χ0n) is 16.8. The van der Waals surface area contributed by atoms with E-state index in [0.717, 1.165) is 66.4 Å². The smallest absolute Gasteiger partial charge is 0.274 e. The Morgan fingerprint density at radius 2 is 1.97 bits per heavy atom. The Hall–Kier alpha value is -2.91. The van der Waals surface area contributed by atoms with Gasteiger partial charge >= 0.3 is 0 Å². The molecule has 4 heterocycles. The van der Waals surface area contributed by atoms with Gasteiger partial charge in [-0.05, 0) is 19.2 Å². The second-order valence-electron chi connectivity index (χ2n) is 7.54. The number of likely N-dealkylation sites (N-methyl/N-ethyl adjacent to an activating group) is 1. The fourth-order valence-electron chi connectivity index (χ4n) is 3.68. The molecule has 0 saturated carbocycles. The van der Waals surface area contributed by atoms with Crippen LogP contribution < -0.4 is 10.2 Å². The first-order valence-corrected chi connectivity index (χ1v) is 11.0. The highest BCUT2D eigenvalue weighted by Crippen LogP contribution is 2.30. The van der Waals surface area contributed by atoms with E-state index < -0.39 is 0 Å². The molecule has 0 spiro atoms. The summed E-state index contributed by atoms with van der Waals surface area (Å²) < 4.78 is 2.17. The third-order valence-electron chi connectivity index (χ3n) is 5.43. The fraction of sp³-hybridized carbons (Fsp3) is 0.333. The van der Waals surface area contributed by atoms with Gasteiger partial charge in [-0.2, -0.15) is 0 Å². The SMILES string of the molecule is CN1CCN(c2cc(C(=O)Nc3cccc(-c4cn5c(n4)SCC5)c3)ncn2)CC1. The second-order valence-corrected chi connectivity index (χ2v) is 8.60. The van der Waals surface area contributed by atoms with Crippen LogP contribution in [0.3, 0.4) is 0 Å². The van der Waals surface area contributed by atoms with Gasteiger partial charge < -0.3 is 19.7 Å². The molecule has 0 bridgehead atoms. The predicted molar refractivity (Wildman–Crippen MR) is 118 cm³/mol. The standard InChI is InChI=1S/C21H23N7OS/c1-26-5-7-27(8-6-26)19-12-17(22-14-23-19)20(29)24-16-4-2-3-15(11-16)18-13-28-9-10-30-21(28)25-18/h2-4,11-14H,5-10H2,1H3,(H,24,29). The number of hydrogen-bond acceptors (Lipinski definition) is 7. The van der Waals surface area contributed by atoms with Crippen molar-refractivity contribution in [2.75, 3.05) is 49.2 Å². The van der Waals surface area contributed by atoms with Gasteiger partial charge in [0.1, 0.15) is 17.8 Å². The molecular weight excluding hydrogens is 398 g/mol. The van der Waals surface area contributed by atoms with Crippen molar-refractivity contribution < 1.29 is 4.79 Å². The quantitative estimate of drug-likeness (QED) is 0.693. The summed E-state index contributed by atoms with van der Waals surface area (Å²) in [5.74, 6) is 1.63. The number of nitrogens with zero attached hydrogens (tertiary/aromatic N) is 6. The molecule has 5 rings (SSSR count). The fourth-order valence-corrected chi connectivity index (χ4v) is 4.62. The number of anilines is 2. The Labute approximate surface area is 179 Å². The number of carbonyl (C=O) groups is 1. The number of fused-ring (bicyclic) bond motifs is 1. The number of carbonyl (C=O) groups excluding carboxylic acids is 1. The lowest BCUT2D eigenvalue weighted by Crippen LogP contribution is -2.44. The molecule has 154 valence electrons. The number of hydrogen-bond donors (Lipinski definition) is 1. The summed E-state index contributed by atoms with van der Waals surface area (Å²) in [6.07, 6.45) is 3.53. The molecule has 2 aliphatic heterocycles. The van der Waals surface area contributed by atoms with Gasteiger partial charge in [-0.3, -0.25) is 4.79 Å². The average Bonchev–Trinajstić information content (AvgIpc) is 3.37. The summed E-state index contributed by atoms with van der Waals surface area (Å²) in [5.41, 5.74) is 2.99. The van der Waals surface area contributed by atoms with Gasteiger partial charge in [0.2, 0.25) is 0 Å². The predicted octanol–water partition coefficient (Wildman–Crippen LogP) is 2.45. The molecule has 0 aliphatic carbocycles. The third kappa shape index (κ3) is 3.90. The van der Waals surface area contributed by atoms with E-state index in [1.54, 1.807) is 17.8 Å². The molecule has 9 heteroatoms. The Balaban J connectivity index is 1.31. The lowest BCUT2D eigenvalue weighted by atomic mass is 10.1. The number of thioether (sulfide) groups is 1. The monoisotopic (exact) mass is 421 g/mol. The van der Waals surface area contributed by atoms with E-state index in [4.69, 9.17) is 4.98 Å². The van der Waals surface area contributed by atoms with Crippen molar-refractivity contribution >= 4 is 29.2 Å². The molecule has 1 amide bonds. The van der Waals surface area contributed by atoms with Crippen molar-refractivity contribution in [1.29, 1.82) is 0 Å². The maximum absolute atomic E-state index is 12.8. The molecule has 0 atom stereocenters. The van der Waals surface area contributed by atoms with Gasteiger partial charge in [-0.15, -0.1) is 0 Å². The van der Waals surface area contributed by atoms with Crippen molar-refractivity contribution in [3.05, 3.63) is 48.5 Å². The van der Waals surface area contributed by atoms with Gasteiger partial charge in [0, 0.05) is 62.0 Å². The Bertz CT molecular complexity index is 1050. The lowest BCUT2D eigenvalue weighted by molar-refractivity contribution is 0.102. The van der Waals surface area contributed by atoms with Crippen LogP contribution in [-0.4, -0.2) is 69.3 Å². The van der Waals surface area contributed by atoms with Gasteiger partial charge in [0.05, 0.1) is 5.69 Å². The van der Waals surface area contributed by atoms with Crippen LogP contribution in [0.5, 0.6) is 0 Å². The highest BCUT2D eigenvalue weighted by molar-refractivity contribution is 7.99. The van der Waals surface area contributed by atoms with E-state index in [0.29, 0.717) is 5.69 Å². The molecule has 2 aromatic heterocycles. The Morgan fingerprint density at radius 3 is 2.80 bits per heavy atom. The van der Waals surface area contributed by atoms with Gasteiger partial charge in [-0.25, -0.2) is 15.0 Å². The number of piperazine rings is 1. The summed E-state index contributed by atoms with van der Waals surface area (Å²) in [4.78, 5) is 30.5. The van der Waals surface area contributed by atoms with Crippen LogP contribution in [0, 0.1) is 0 Å². The number of aryl methyl sites for hydroxylation is 1. The normalized spacial score (nSPS) is 16.5. The van der Waals surface area contributed by atoms with Crippen molar-refractivity contribution in [2.24, 2.45) is 0 Å². The van der Waals surface area contributed by atoms with Crippen LogP contribution in [-0.2, 0) is 6.54 Å². The van der Waals surface area contributed by atoms with E-state index in [1.807, 2.05) is 24.3 Å². The first-order chi connectivity index (χ1) is 14.7. The Kier molecular flexibility index (Phi) is 5.14. The van der Waals surface area contributed by atoms with E-state index >= 15 is 0 Å². The van der Waals surface area contributed by atoms with Crippen LogP contribution in [0.4, 0.5) is 11.5 Å². The van der Waals surface area contributed by atoms with Crippen LogP contribution >= 0.6 is 11.8 Å². The second kappa shape index (κ2) is 8.08. The summed E-state index contributed by atoms with van der Waals surface area (Å²) in [6.45, 7) is 4.74. The maximum Gasteiger partial charge on any atom is 0.274 e. The minimum atomic E-state index is -0.243. The summed E-state index contributed by atoms with van der Waals surface area (Å²) in [6, 6.07) is 9.53. The van der Waals surface area contributed by atoms with Crippen molar-refractivity contribution in [2.45, 2.75) is 11.7 Å². The van der Waals surface area contributed by atoms with Gasteiger partial charge in [0.15, 0.2) is 5.16 Å². The number of amides is 1. The first kappa shape index (κ1) is 19.1. The summed E-state index contributed by atoms with van der Waals surface area (Å²) >= 11 is 1.77. The highest BCUT2D eigenvalue weighted by Gasteiger charge is 2.18. The number of aromatic nitrogens is 4. The molecule has 1 saturated heterocycles.